The molecule has 1 aromatic rings. The number of hydrogen-bond donors (Lipinski definition) is 4. The lowest BCUT2D eigenvalue weighted by Gasteiger charge is -2.37. The molecule has 1 aliphatic carbocycles. The van der Waals surface area contributed by atoms with Crippen molar-refractivity contribution in [1.29, 1.82) is 0 Å². The Hall–Kier alpha value is -2.61. The summed E-state index contributed by atoms with van der Waals surface area (Å²) in [6.45, 7) is 0.432. The van der Waals surface area contributed by atoms with Crippen molar-refractivity contribution in [3.63, 3.8) is 0 Å². The second kappa shape index (κ2) is 6.48. The van der Waals surface area contributed by atoms with Crippen LogP contribution in [0.1, 0.15) is 52.0 Å². The van der Waals surface area contributed by atoms with Gasteiger partial charge in [0, 0.05) is 17.7 Å². The minimum atomic E-state index is -1.07. The summed E-state index contributed by atoms with van der Waals surface area (Å²) in [6.07, 6.45) is 2.32. The van der Waals surface area contributed by atoms with E-state index in [-0.39, 0.29) is 18.0 Å². The van der Waals surface area contributed by atoms with Crippen LogP contribution in [0.4, 0.5) is 4.79 Å². The second-order valence-corrected chi connectivity index (χ2v) is 6.19. The maximum absolute atomic E-state index is 12.8. The number of hydrazine groups is 1. The minimum absolute atomic E-state index is 0.165. The van der Waals surface area contributed by atoms with E-state index in [4.69, 9.17) is 10.9 Å². The smallest absolute Gasteiger partial charge is 0.404 e. The first-order valence-electron chi connectivity index (χ1n) is 7.95. The number of nitrogens with zero attached hydrogens (tertiary/aromatic N) is 1. The SMILES string of the molecule is NNC(=O)c1ccc2c(c1)C(=O)N([C@@H]1CCCC[C@H]1NC(=O)O)C2. The van der Waals surface area contributed by atoms with Crippen molar-refractivity contribution in [2.24, 2.45) is 5.84 Å². The zero-order valence-corrected chi connectivity index (χ0v) is 13.1. The van der Waals surface area contributed by atoms with Crippen LogP contribution in [0.3, 0.4) is 0 Å². The second-order valence-electron chi connectivity index (χ2n) is 6.19. The van der Waals surface area contributed by atoms with Crippen molar-refractivity contribution >= 4 is 17.9 Å². The molecule has 8 heteroatoms. The molecule has 0 spiro atoms. The summed E-state index contributed by atoms with van der Waals surface area (Å²) in [6, 6.07) is 4.50. The summed E-state index contributed by atoms with van der Waals surface area (Å²) < 4.78 is 0. The molecular weight excluding hydrogens is 312 g/mol. The maximum Gasteiger partial charge on any atom is 0.404 e. The van der Waals surface area contributed by atoms with E-state index in [1.54, 1.807) is 23.1 Å². The van der Waals surface area contributed by atoms with E-state index >= 15 is 0 Å². The number of nitrogens with two attached hydrogens (primary N) is 1. The minimum Gasteiger partial charge on any atom is -0.465 e. The predicted molar refractivity (Wildman–Crippen MR) is 85.2 cm³/mol. The van der Waals surface area contributed by atoms with Gasteiger partial charge in [0.25, 0.3) is 11.8 Å². The Bertz CT molecular complexity index is 691. The van der Waals surface area contributed by atoms with E-state index in [1.165, 1.54) is 0 Å². The van der Waals surface area contributed by atoms with Crippen LogP contribution in [0, 0.1) is 0 Å². The third-order valence-corrected chi connectivity index (χ3v) is 4.77. The number of nitrogens with one attached hydrogen (secondary N) is 2. The Balaban J connectivity index is 1.84. The quantitative estimate of drug-likeness (QED) is 0.370. The molecule has 2 atom stereocenters. The van der Waals surface area contributed by atoms with Gasteiger partial charge in [0.2, 0.25) is 0 Å². The average molecular weight is 332 g/mol. The molecule has 1 fully saturated rings. The molecule has 0 aromatic heterocycles. The third kappa shape index (κ3) is 2.92. The average Bonchev–Trinajstić information content (AvgIpc) is 2.90. The number of rotatable bonds is 3. The fraction of sp³-hybridized carbons (Fsp3) is 0.438. The molecule has 1 aliphatic heterocycles. The molecule has 3 rings (SSSR count). The highest BCUT2D eigenvalue weighted by atomic mass is 16.4. The van der Waals surface area contributed by atoms with Gasteiger partial charge in [-0.2, -0.15) is 0 Å². The van der Waals surface area contributed by atoms with Crippen molar-refractivity contribution in [3.05, 3.63) is 34.9 Å². The highest BCUT2D eigenvalue weighted by molar-refractivity contribution is 6.02. The van der Waals surface area contributed by atoms with Gasteiger partial charge in [-0.3, -0.25) is 15.0 Å². The highest BCUT2D eigenvalue weighted by Gasteiger charge is 2.38. The number of hydrogen-bond acceptors (Lipinski definition) is 4. The van der Waals surface area contributed by atoms with Crippen LogP contribution < -0.4 is 16.6 Å². The Morgan fingerprint density at radius 3 is 2.71 bits per heavy atom. The standard InChI is InChI=1S/C16H20N4O4/c17-19-14(21)9-5-6-10-8-20(15(22)11(10)7-9)13-4-2-1-3-12(13)18-16(23)24/h5-7,12-13,18H,1-4,8,17H2,(H,19,21)(H,23,24)/t12-,13-/m1/s1. The first-order valence-corrected chi connectivity index (χ1v) is 7.95. The van der Waals surface area contributed by atoms with Gasteiger partial charge in [0.1, 0.15) is 0 Å². The van der Waals surface area contributed by atoms with Crippen LogP contribution in [0.25, 0.3) is 0 Å². The van der Waals surface area contributed by atoms with Crippen molar-refractivity contribution in [2.75, 3.05) is 0 Å². The van der Waals surface area contributed by atoms with Crippen molar-refractivity contribution in [1.82, 2.24) is 15.6 Å². The fourth-order valence-corrected chi connectivity index (χ4v) is 3.63. The molecule has 0 unspecified atom stereocenters. The van der Waals surface area contributed by atoms with Crippen LogP contribution >= 0.6 is 0 Å². The van der Waals surface area contributed by atoms with Gasteiger partial charge >= 0.3 is 6.09 Å². The summed E-state index contributed by atoms with van der Waals surface area (Å²) in [5.74, 6) is 4.52. The summed E-state index contributed by atoms with van der Waals surface area (Å²) in [7, 11) is 0. The van der Waals surface area contributed by atoms with Crippen molar-refractivity contribution in [2.45, 2.75) is 44.3 Å². The molecule has 1 heterocycles. The number of carboxylic acid groups (broad SMARTS) is 1. The normalized spacial score (nSPS) is 22.9. The van der Waals surface area contributed by atoms with E-state index in [0.29, 0.717) is 17.7 Å². The molecule has 3 amide bonds. The maximum atomic E-state index is 12.8. The summed E-state index contributed by atoms with van der Waals surface area (Å²) in [4.78, 5) is 37.1. The van der Waals surface area contributed by atoms with Crippen LogP contribution in [0.2, 0.25) is 0 Å². The number of amides is 3. The molecule has 2 aliphatic rings. The molecule has 0 saturated heterocycles. The molecule has 1 aromatic carbocycles. The molecule has 24 heavy (non-hydrogen) atoms. The Morgan fingerprint density at radius 2 is 2.00 bits per heavy atom. The van der Waals surface area contributed by atoms with Crippen molar-refractivity contribution < 1.29 is 19.5 Å². The Labute approximate surface area is 139 Å². The van der Waals surface area contributed by atoms with Crippen molar-refractivity contribution in [3.8, 4) is 0 Å². The lowest BCUT2D eigenvalue weighted by molar-refractivity contribution is 0.0601. The van der Waals surface area contributed by atoms with Crippen LogP contribution in [-0.2, 0) is 6.54 Å². The topological polar surface area (TPSA) is 125 Å². The third-order valence-electron chi connectivity index (χ3n) is 4.77. The molecule has 0 radical (unpaired) electrons. The van der Waals surface area contributed by atoms with E-state index in [0.717, 1.165) is 31.2 Å². The van der Waals surface area contributed by atoms with Gasteiger partial charge in [-0.05, 0) is 30.5 Å². The number of carbonyl (C=O) groups is 3. The summed E-state index contributed by atoms with van der Waals surface area (Å²) in [5.41, 5.74) is 3.70. The Morgan fingerprint density at radius 1 is 1.25 bits per heavy atom. The molecule has 0 bridgehead atoms. The Kier molecular flexibility index (Phi) is 4.39. The molecule has 128 valence electrons. The number of nitrogen functional groups attached to an aromatic ring is 1. The number of fused-ring (bicyclic) bond motifs is 1. The van der Waals surface area contributed by atoms with Gasteiger partial charge in [-0.1, -0.05) is 18.9 Å². The largest absolute Gasteiger partial charge is 0.465 e. The molecule has 1 saturated carbocycles. The van der Waals surface area contributed by atoms with Gasteiger partial charge in [0.15, 0.2) is 0 Å². The predicted octanol–water partition coefficient (Wildman–Crippen LogP) is 0.825. The molecule has 8 nitrogen and oxygen atoms in total. The van der Waals surface area contributed by atoms with Crippen LogP contribution in [0.15, 0.2) is 18.2 Å². The van der Waals surface area contributed by atoms with E-state index in [1.807, 2.05) is 0 Å². The highest BCUT2D eigenvalue weighted by Crippen LogP contribution is 2.31. The van der Waals surface area contributed by atoms with Gasteiger partial charge in [-0.15, -0.1) is 0 Å². The lowest BCUT2D eigenvalue weighted by Crippen LogP contribution is -2.53. The van der Waals surface area contributed by atoms with Crippen LogP contribution in [0.5, 0.6) is 0 Å². The first-order chi connectivity index (χ1) is 11.5. The van der Waals surface area contributed by atoms with Crippen LogP contribution in [-0.4, -0.2) is 40.0 Å². The number of carbonyl (C=O) groups excluding carboxylic acids is 2. The number of benzene rings is 1. The van der Waals surface area contributed by atoms with E-state index < -0.39 is 12.0 Å². The zero-order chi connectivity index (χ0) is 17.3. The summed E-state index contributed by atoms with van der Waals surface area (Å²) >= 11 is 0. The van der Waals surface area contributed by atoms with Gasteiger partial charge in [0.05, 0.1) is 12.1 Å². The summed E-state index contributed by atoms with van der Waals surface area (Å²) in [5, 5.41) is 11.6. The first kappa shape index (κ1) is 16.3. The fourth-order valence-electron chi connectivity index (χ4n) is 3.63. The zero-order valence-electron chi connectivity index (χ0n) is 13.1. The van der Waals surface area contributed by atoms with Gasteiger partial charge < -0.3 is 15.3 Å². The molecule has 5 N–H and O–H groups in total. The lowest BCUT2D eigenvalue weighted by atomic mass is 9.89. The van der Waals surface area contributed by atoms with E-state index in [2.05, 4.69) is 10.7 Å². The monoisotopic (exact) mass is 332 g/mol. The molecular formula is C16H20N4O4. The van der Waals surface area contributed by atoms with Gasteiger partial charge in [-0.25, -0.2) is 10.6 Å². The van der Waals surface area contributed by atoms with E-state index in [9.17, 15) is 14.4 Å².